The second-order valence-corrected chi connectivity index (χ2v) is 9.31. The van der Waals surface area contributed by atoms with Gasteiger partial charge in [0.15, 0.2) is 5.69 Å². The Kier molecular flexibility index (Phi) is 5.17. The number of ether oxygens (including phenoxy) is 1. The highest BCUT2D eigenvalue weighted by molar-refractivity contribution is 5.94. The van der Waals surface area contributed by atoms with E-state index in [4.69, 9.17) is 4.74 Å². The molecule has 34 heavy (non-hydrogen) atoms. The number of benzene rings is 2. The van der Waals surface area contributed by atoms with Gasteiger partial charge in [-0.15, -0.1) is 5.10 Å². The molecule has 3 heterocycles. The molecule has 6 rings (SSSR count). The second kappa shape index (κ2) is 8.36. The Morgan fingerprint density at radius 3 is 2.21 bits per heavy atom. The van der Waals surface area contributed by atoms with Crippen molar-refractivity contribution in [2.45, 2.75) is 37.5 Å². The summed E-state index contributed by atoms with van der Waals surface area (Å²) in [6.45, 7) is 2.89. The molecule has 2 fully saturated rings. The first-order chi connectivity index (χ1) is 16.7. The summed E-state index contributed by atoms with van der Waals surface area (Å²) < 4.78 is 7.82. The number of carbonyl (C=O) groups excluding carboxylic acids is 2. The van der Waals surface area contributed by atoms with Gasteiger partial charge in [-0.05, 0) is 24.0 Å². The van der Waals surface area contributed by atoms with Crippen molar-refractivity contribution in [2.75, 3.05) is 26.2 Å². The fraction of sp³-hybridized carbons (Fsp3) is 0.385. The Bertz CT molecular complexity index is 1200. The maximum Gasteiger partial charge on any atom is 0.276 e. The summed E-state index contributed by atoms with van der Waals surface area (Å²) in [5.41, 5.74) is 2.89. The van der Waals surface area contributed by atoms with Crippen LogP contribution in [0, 0.1) is 0 Å². The van der Waals surface area contributed by atoms with Crippen molar-refractivity contribution in [3.05, 3.63) is 83.2 Å². The van der Waals surface area contributed by atoms with Crippen LogP contribution in [-0.2, 0) is 28.1 Å². The Hall–Kier alpha value is -3.52. The predicted octanol–water partition coefficient (Wildman–Crippen LogP) is 2.57. The van der Waals surface area contributed by atoms with Crippen molar-refractivity contribution < 1.29 is 14.3 Å². The minimum Gasteiger partial charge on any atom is -0.365 e. The Balaban J connectivity index is 1.10. The lowest BCUT2D eigenvalue weighted by Gasteiger charge is -2.36. The number of fused-ring (bicyclic) bond motifs is 1. The average molecular weight is 458 g/mol. The molecular weight excluding hydrogens is 430 g/mol. The fourth-order valence-corrected chi connectivity index (χ4v) is 5.12. The van der Waals surface area contributed by atoms with Crippen molar-refractivity contribution in [1.82, 2.24) is 24.8 Å². The maximum atomic E-state index is 13.3. The van der Waals surface area contributed by atoms with Gasteiger partial charge in [0.1, 0.15) is 6.10 Å². The Morgan fingerprint density at radius 2 is 1.53 bits per heavy atom. The molecular formula is C26H27N5O3. The van der Waals surface area contributed by atoms with E-state index in [2.05, 4.69) is 10.3 Å². The number of hydrogen-bond donors (Lipinski definition) is 0. The minimum atomic E-state index is -0.368. The zero-order valence-corrected chi connectivity index (χ0v) is 19.0. The van der Waals surface area contributed by atoms with E-state index in [0.29, 0.717) is 45.0 Å². The molecule has 1 aromatic heterocycles. The van der Waals surface area contributed by atoms with E-state index in [1.807, 2.05) is 65.6 Å². The third-order valence-corrected chi connectivity index (χ3v) is 7.31. The Labute approximate surface area is 198 Å². The van der Waals surface area contributed by atoms with Gasteiger partial charge in [0.05, 0.1) is 24.3 Å². The summed E-state index contributed by atoms with van der Waals surface area (Å²) in [6, 6.07) is 20.1. The molecule has 2 aromatic carbocycles. The SMILES string of the molecule is O=C(c1nnn2c1CO[C@@H](c1ccccc1)C2)N1CCN(C(=O)C2(c3ccccc3)CC2)CC1. The largest absolute Gasteiger partial charge is 0.365 e. The molecule has 0 unspecified atom stereocenters. The quantitative estimate of drug-likeness (QED) is 0.602. The van der Waals surface area contributed by atoms with E-state index in [9.17, 15) is 9.59 Å². The van der Waals surface area contributed by atoms with Crippen LogP contribution in [0.3, 0.4) is 0 Å². The number of hydrogen-bond acceptors (Lipinski definition) is 5. The highest BCUT2D eigenvalue weighted by Crippen LogP contribution is 2.49. The number of piperazine rings is 1. The maximum absolute atomic E-state index is 13.3. The van der Waals surface area contributed by atoms with Crippen LogP contribution in [0.1, 0.15) is 46.3 Å². The lowest BCUT2D eigenvalue weighted by atomic mass is 9.94. The van der Waals surface area contributed by atoms with Crippen LogP contribution in [0.4, 0.5) is 0 Å². The van der Waals surface area contributed by atoms with E-state index in [-0.39, 0.29) is 23.3 Å². The van der Waals surface area contributed by atoms with Crippen LogP contribution < -0.4 is 0 Å². The zero-order valence-electron chi connectivity index (χ0n) is 19.0. The third kappa shape index (κ3) is 3.58. The molecule has 174 valence electrons. The first-order valence-corrected chi connectivity index (χ1v) is 11.9. The van der Waals surface area contributed by atoms with E-state index in [0.717, 1.165) is 29.7 Å². The smallest absolute Gasteiger partial charge is 0.276 e. The van der Waals surface area contributed by atoms with Crippen LogP contribution in [0.5, 0.6) is 0 Å². The summed E-state index contributed by atoms with van der Waals surface area (Å²) in [5, 5.41) is 8.45. The van der Waals surface area contributed by atoms with Crippen molar-refractivity contribution in [2.24, 2.45) is 0 Å². The molecule has 0 N–H and O–H groups in total. The second-order valence-electron chi connectivity index (χ2n) is 9.31. The molecule has 8 nitrogen and oxygen atoms in total. The molecule has 8 heteroatoms. The van der Waals surface area contributed by atoms with Gasteiger partial charge in [-0.1, -0.05) is 65.9 Å². The van der Waals surface area contributed by atoms with Crippen molar-refractivity contribution in [3.8, 4) is 0 Å². The number of nitrogens with zero attached hydrogens (tertiary/aromatic N) is 5. The molecule has 0 radical (unpaired) electrons. The summed E-state index contributed by atoms with van der Waals surface area (Å²) >= 11 is 0. The van der Waals surface area contributed by atoms with Crippen molar-refractivity contribution in [1.29, 1.82) is 0 Å². The standard InChI is InChI=1S/C26H27N5O3/c32-24(23-21-18-34-22(17-31(21)28-27-23)19-7-3-1-4-8-19)29-13-15-30(16-14-29)25(33)26(11-12-26)20-9-5-2-6-10-20/h1-10,22H,11-18H2/t22-/m1/s1. The third-order valence-electron chi connectivity index (χ3n) is 7.31. The molecule has 1 saturated heterocycles. The monoisotopic (exact) mass is 457 g/mol. The van der Waals surface area contributed by atoms with Crippen LogP contribution >= 0.6 is 0 Å². The number of rotatable bonds is 4. The average Bonchev–Trinajstić information content (AvgIpc) is 3.62. The fourth-order valence-electron chi connectivity index (χ4n) is 5.12. The molecule has 0 spiro atoms. The normalized spacial score (nSPS) is 21.1. The highest BCUT2D eigenvalue weighted by Gasteiger charge is 2.53. The molecule has 1 aliphatic carbocycles. The summed E-state index contributed by atoms with van der Waals surface area (Å²) in [5.74, 6) is 0.0477. The molecule has 3 aromatic rings. The van der Waals surface area contributed by atoms with Crippen molar-refractivity contribution >= 4 is 11.8 Å². The lowest BCUT2D eigenvalue weighted by molar-refractivity contribution is -0.135. The van der Waals surface area contributed by atoms with Crippen LogP contribution in [0.15, 0.2) is 60.7 Å². The molecule has 2 aliphatic heterocycles. The van der Waals surface area contributed by atoms with Gasteiger partial charge in [-0.3, -0.25) is 9.59 Å². The first kappa shape index (κ1) is 21.0. The Morgan fingerprint density at radius 1 is 0.882 bits per heavy atom. The molecule has 1 atom stereocenters. The topological polar surface area (TPSA) is 80.6 Å². The van der Waals surface area contributed by atoms with E-state index < -0.39 is 0 Å². The zero-order chi connectivity index (χ0) is 23.1. The molecule has 1 saturated carbocycles. The van der Waals surface area contributed by atoms with Gasteiger partial charge in [0, 0.05) is 26.2 Å². The highest BCUT2D eigenvalue weighted by atomic mass is 16.5. The molecule has 2 amide bonds. The number of carbonyl (C=O) groups is 2. The van der Waals surface area contributed by atoms with E-state index in [1.54, 1.807) is 9.58 Å². The van der Waals surface area contributed by atoms with Crippen LogP contribution in [0.25, 0.3) is 0 Å². The lowest BCUT2D eigenvalue weighted by Crippen LogP contribution is -2.53. The predicted molar refractivity (Wildman–Crippen MR) is 124 cm³/mol. The van der Waals surface area contributed by atoms with Gasteiger partial charge in [0.2, 0.25) is 5.91 Å². The van der Waals surface area contributed by atoms with E-state index in [1.165, 1.54) is 0 Å². The summed E-state index contributed by atoms with van der Waals surface area (Å²) in [7, 11) is 0. The summed E-state index contributed by atoms with van der Waals surface area (Å²) in [6.07, 6.45) is 1.68. The van der Waals surface area contributed by atoms with E-state index >= 15 is 0 Å². The minimum absolute atomic E-state index is 0.104. The van der Waals surface area contributed by atoms with Crippen LogP contribution in [0.2, 0.25) is 0 Å². The van der Waals surface area contributed by atoms with Gasteiger partial charge in [0.25, 0.3) is 5.91 Å². The van der Waals surface area contributed by atoms with Crippen LogP contribution in [-0.4, -0.2) is 62.8 Å². The number of aromatic nitrogens is 3. The molecule has 0 bridgehead atoms. The van der Waals surface area contributed by atoms with Gasteiger partial charge in [-0.2, -0.15) is 0 Å². The van der Waals surface area contributed by atoms with Gasteiger partial charge in [-0.25, -0.2) is 4.68 Å². The molecule has 3 aliphatic rings. The van der Waals surface area contributed by atoms with Gasteiger partial charge < -0.3 is 14.5 Å². The first-order valence-electron chi connectivity index (χ1n) is 11.9. The summed E-state index contributed by atoms with van der Waals surface area (Å²) in [4.78, 5) is 30.2. The number of amides is 2. The van der Waals surface area contributed by atoms with Gasteiger partial charge >= 0.3 is 0 Å². The van der Waals surface area contributed by atoms with Crippen molar-refractivity contribution in [3.63, 3.8) is 0 Å².